The molecule has 0 atom stereocenters. The zero-order chi connectivity index (χ0) is 16.4. The predicted molar refractivity (Wildman–Crippen MR) is 94.3 cm³/mol. The summed E-state index contributed by atoms with van der Waals surface area (Å²) in [6.45, 7) is 0.696. The van der Waals surface area contributed by atoms with Crippen LogP contribution in [-0.4, -0.2) is 32.4 Å². The summed E-state index contributed by atoms with van der Waals surface area (Å²) in [6, 6.07) is 11.0. The van der Waals surface area contributed by atoms with Gasteiger partial charge in [-0.05, 0) is 37.7 Å². The van der Waals surface area contributed by atoms with Gasteiger partial charge in [0.15, 0.2) is 0 Å². The lowest BCUT2D eigenvalue weighted by atomic mass is 10.2. The molecule has 0 saturated carbocycles. The van der Waals surface area contributed by atoms with Gasteiger partial charge >= 0.3 is 0 Å². The van der Waals surface area contributed by atoms with Gasteiger partial charge in [0.05, 0.1) is 21.8 Å². The van der Waals surface area contributed by atoms with Gasteiger partial charge in [-0.25, -0.2) is 13.4 Å². The first kappa shape index (κ1) is 15.9. The number of fused-ring (bicyclic) bond motifs is 1. The molecule has 0 saturated heterocycles. The molecule has 0 aliphatic heterocycles. The van der Waals surface area contributed by atoms with E-state index in [2.05, 4.69) is 9.71 Å². The molecule has 0 spiro atoms. The maximum Gasteiger partial charge on any atom is 0.262 e. The SMILES string of the molecule is CN(C)Cc1ccc2cccc(NS(=O)(=O)c3ccsc3)c2n1. The molecule has 0 aliphatic rings. The van der Waals surface area contributed by atoms with Crippen LogP contribution in [0, 0.1) is 0 Å². The lowest BCUT2D eigenvalue weighted by Gasteiger charge is -2.12. The summed E-state index contributed by atoms with van der Waals surface area (Å²) < 4.78 is 27.5. The maximum atomic E-state index is 12.4. The minimum absolute atomic E-state index is 0.268. The molecule has 3 rings (SSSR count). The van der Waals surface area contributed by atoms with Crippen molar-refractivity contribution >= 4 is 38.0 Å². The Labute approximate surface area is 139 Å². The molecule has 23 heavy (non-hydrogen) atoms. The number of pyridine rings is 1. The summed E-state index contributed by atoms with van der Waals surface area (Å²) in [6.07, 6.45) is 0. The Bertz CT molecular complexity index is 920. The fraction of sp³-hybridized carbons (Fsp3) is 0.188. The van der Waals surface area contributed by atoms with Crippen molar-refractivity contribution < 1.29 is 8.42 Å². The van der Waals surface area contributed by atoms with Crippen molar-refractivity contribution in [3.63, 3.8) is 0 Å². The van der Waals surface area contributed by atoms with Crippen molar-refractivity contribution in [3.8, 4) is 0 Å². The lowest BCUT2D eigenvalue weighted by molar-refractivity contribution is 0.397. The van der Waals surface area contributed by atoms with Crippen molar-refractivity contribution in [2.45, 2.75) is 11.4 Å². The highest BCUT2D eigenvalue weighted by atomic mass is 32.2. The van der Waals surface area contributed by atoms with Crippen molar-refractivity contribution in [3.05, 3.63) is 52.9 Å². The van der Waals surface area contributed by atoms with E-state index in [9.17, 15) is 8.42 Å². The molecule has 0 fully saturated rings. The number of hydrogen-bond acceptors (Lipinski definition) is 5. The minimum Gasteiger partial charge on any atom is -0.304 e. The number of thiophene rings is 1. The standard InChI is InChI=1S/C16H17N3O2S2/c1-19(2)10-13-7-6-12-4-3-5-15(16(12)17-13)18-23(20,21)14-8-9-22-11-14/h3-9,11,18H,10H2,1-2H3. The molecular weight excluding hydrogens is 330 g/mol. The largest absolute Gasteiger partial charge is 0.304 e. The Morgan fingerprint density at radius 2 is 2.00 bits per heavy atom. The van der Waals surface area contributed by atoms with Crippen LogP contribution in [0.15, 0.2) is 52.1 Å². The maximum absolute atomic E-state index is 12.4. The fourth-order valence-electron chi connectivity index (χ4n) is 2.29. The molecule has 120 valence electrons. The van der Waals surface area contributed by atoms with Crippen molar-refractivity contribution in [2.24, 2.45) is 0 Å². The summed E-state index contributed by atoms with van der Waals surface area (Å²) in [5, 5.41) is 4.25. The Morgan fingerprint density at radius 3 is 2.70 bits per heavy atom. The van der Waals surface area contributed by atoms with Gasteiger partial charge < -0.3 is 4.90 Å². The van der Waals surface area contributed by atoms with Crippen LogP contribution < -0.4 is 4.72 Å². The predicted octanol–water partition coefficient (Wildman–Crippen LogP) is 3.16. The Hall–Kier alpha value is -1.96. The van der Waals surface area contributed by atoms with Gasteiger partial charge in [0, 0.05) is 17.3 Å². The monoisotopic (exact) mass is 347 g/mol. The van der Waals surface area contributed by atoms with Crippen LogP contribution in [-0.2, 0) is 16.6 Å². The van der Waals surface area contributed by atoms with Crippen LogP contribution in [0.4, 0.5) is 5.69 Å². The number of aromatic nitrogens is 1. The average molecular weight is 347 g/mol. The first-order chi connectivity index (χ1) is 11.0. The molecular formula is C16H17N3O2S2. The van der Waals surface area contributed by atoms with E-state index >= 15 is 0 Å². The fourth-order valence-corrected chi connectivity index (χ4v) is 4.39. The van der Waals surface area contributed by atoms with E-state index in [-0.39, 0.29) is 4.90 Å². The third kappa shape index (κ3) is 3.52. The van der Waals surface area contributed by atoms with Gasteiger partial charge in [-0.15, -0.1) is 0 Å². The number of nitrogens with zero attached hydrogens (tertiary/aromatic N) is 2. The molecule has 0 aliphatic carbocycles. The second-order valence-corrected chi connectivity index (χ2v) is 7.94. The lowest BCUT2D eigenvalue weighted by Crippen LogP contribution is -2.14. The Morgan fingerprint density at radius 1 is 1.17 bits per heavy atom. The first-order valence-corrected chi connectivity index (χ1v) is 9.47. The van der Waals surface area contributed by atoms with Crippen molar-refractivity contribution in [1.29, 1.82) is 0 Å². The highest BCUT2D eigenvalue weighted by molar-refractivity contribution is 7.92. The van der Waals surface area contributed by atoms with E-state index in [0.29, 0.717) is 17.7 Å². The van der Waals surface area contributed by atoms with Crippen molar-refractivity contribution in [2.75, 3.05) is 18.8 Å². The summed E-state index contributed by atoms with van der Waals surface area (Å²) in [5.41, 5.74) is 2.05. The van der Waals surface area contributed by atoms with Crippen LogP contribution in [0.5, 0.6) is 0 Å². The molecule has 1 aromatic carbocycles. The summed E-state index contributed by atoms with van der Waals surface area (Å²) >= 11 is 1.35. The highest BCUT2D eigenvalue weighted by Gasteiger charge is 2.16. The van der Waals surface area contributed by atoms with Crippen LogP contribution in [0.25, 0.3) is 10.9 Å². The normalized spacial score (nSPS) is 12.0. The highest BCUT2D eigenvalue weighted by Crippen LogP contribution is 2.25. The molecule has 2 heterocycles. The number of anilines is 1. The summed E-state index contributed by atoms with van der Waals surface area (Å²) in [4.78, 5) is 6.90. The molecule has 0 radical (unpaired) electrons. The Kier molecular flexibility index (Phi) is 4.34. The molecule has 3 aromatic rings. The van der Waals surface area contributed by atoms with Crippen LogP contribution in [0.3, 0.4) is 0 Å². The molecule has 7 heteroatoms. The zero-order valence-corrected chi connectivity index (χ0v) is 14.5. The van der Waals surface area contributed by atoms with Gasteiger partial charge in [-0.3, -0.25) is 4.72 Å². The molecule has 5 nitrogen and oxygen atoms in total. The van der Waals surface area contributed by atoms with Gasteiger partial charge in [-0.1, -0.05) is 18.2 Å². The van der Waals surface area contributed by atoms with Gasteiger partial charge in [0.1, 0.15) is 0 Å². The second-order valence-electron chi connectivity index (χ2n) is 5.48. The number of hydrogen-bond donors (Lipinski definition) is 1. The first-order valence-electron chi connectivity index (χ1n) is 7.04. The van der Waals surface area contributed by atoms with E-state index in [0.717, 1.165) is 11.1 Å². The molecule has 0 unspecified atom stereocenters. The number of sulfonamides is 1. The molecule has 2 aromatic heterocycles. The van der Waals surface area contributed by atoms with Gasteiger partial charge in [0.2, 0.25) is 0 Å². The average Bonchev–Trinajstić information content (AvgIpc) is 3.02. The Balaban J connectivity index is 2.03. The quantitative estimate of drug-likeness (QED) is 0.770. The third-order valence-corrected chi connectivity index (χ3v) is 5.50. The van der Waals surface area contributed by atoms with E-state index in [1.54, 1.807) is 22.9 Å². The smallest absolute Gasteiger partial charge is 0.262 e. The molecule has 1 N–H and O–H groups in total. The van der Waals surface area contributed by atoms with E-state index < -0.39 is 10.0 Å². The van der Waals surface area contributed by atoms with Crippen LogP contribution in [0.1, 0.15) is 5.69 Å². The van der Waals surface area contributed by atoms with E-state index in [4.69, 9.17) is 0 Å². The van der Waals surface area contributed by atoms with E-state index in [1.807, 2.05) is 43.3 Å². The minimum atomic E-state index is -3.59. The van der Waals surface area contributed by atoms with Gasteiger partial charge in [0.25, 0.3) is 10.0 Å². The van der Waals surface area contributed by atoms with E-state index in [1.165, 1.54) is 11.3 Å². The van der Waals surface area contributed by atoms with Gasteiger partial charge in [-0.2, -0.15) is 11.3 Å². The number of benzene rings is 1. The topological polar surface area (TPSA) is 62.3 Å². The summed E-state index contributed by atoms with van der Waals surface area (Å²) in [5.74, 6) is 0. The van der Waals surface area contributed by atoms with Crippen molar-refractivity contribution in [1.82, 2.24) is 9.88 Å². The third-order valence-electron chi connectivity index (χ3n) is 3.31. The number of nitrogens with one attached hydrogen (secondary N) is 1. The molecule has 0 amide bonds. The second kappa shape index (κ2) is 6.27. The summed E-state index contributed by atoms with van der Waals surface area (Å²) in [7, 11) is 0.351. The van der Waals surface area contributed by atoms with Crippen LogP contribution in [0.2, 0.25) is 0 Å². The molecule has 0 bridgehead atoms. The number of rotatable bonds is 5. The zero-order valence-electron chi connectivity index (χ0n) is 12.9. The number of para-hydroxylation sites is 1. The van der Waals surface area contributed by atoms with Crippen LogP contribution >= 0.6 is 11.3 Å².